The summed E-state index contributed by atoms with van der Waals surface area (Å²) in [7, 11) is 3.03. The fourth-order valence-electron chi connectivity index (χ4n) is 4.15. The van der Waals surface area contributed by atoms with E-state index in [1.807, 2.05) is 0 Å². The van der Waals surface area contributed by atoms with E-state index in [4.69, 9.17) is 21.8 Å². The normalized spacial score (nSPS) is 23.3. The Morgan fingerprint density at radius 1 is 1.19 bits per heavy atom. The van der Waals surface area contributed by atoms with Crippen LogP contribution in [0.2, 0.25) is 0 Å². The number of rotatable bonds is 13. The second-order valence-corrected chi connectivity index (χ2v) is 13.6. The van der Waals surface area contributed by atoms with Gasteiger partial charge in [-0.05, 0) is 49.6 Å². The minimum absolute atomic E-state index is 0.0193. The molecule has 0 spiro atoms. The van der Waals surface area contributed by atoms with Crippen LogP contribution in [0.25, 0.3) is 10.4 Å². The van der Waals surface area contributed by atoms with Crippen molar-refractivity contribution in [2.75, 3.05) is 23.8 Å². The van der Waals surface area contributed by atoms with Crippen molar-refractivity contribution < 1.29 is 28.8 Å². The number of amidine groups is 1. The van der Waals surface area contributed by atoms with Crippen LogP contribution < -0.4 is 16.8 Å². The molecule has 0 aromatic heterocycles. The first-order valence-corrected chi connectivity index (χ1v) is 17.1. The Hall–Kier alpha value is -3.08. The van der Waals surface area contributed by atoms with Crippen molar-refractivity contribution in [3.8, 4) is 0 Å². The van der Waals surface area contributed by atoms with E-state index >= 15 is 0 Å². The molecule has 4 atom stereocenters. The smallest absolute Gasteiger partial charge is 0.363 e. The third-order valence-electron chi connectivity index (χ3n) is 6.53. The van der Waals surface area contributed by atoms with Crippen LogP contribution >= 0.6 is 33.3 Å². The summed E-state index contributed by atoms with van der Waals surface area (Å²) in [5.74, 6) is -0.184. The van der Waals surface area contributed by atoms with Gasteiger partial charge in [0.1, 0.15) is 5.78 Å². The molecule has 2 amide bonds. The van der Waals surface area contributed by atoms with Crippen LogP contribution in [0.3, 0.4) is 0 Å². The Balaban J connectivity index is 1.39. The molecule has 0 saturated carbocycles. The summed E-state index contributed by atoms with van der Waals surface area (Å²) in [6.45, 7) is 1.92. The average molecular weight is 651 g/mol. The number of nitrogens with zero attached hydrogens (tertiary/aromatic N) is 5. The third-order valence-corrected chi connectivity index (χ3v) is 10.3. The van der Waals surface area contributed by atoms with Crippen LogP contribution in [-0.2, 0) is 24.0 Å². The molecule has 2 saturated heterocycles. The maximum absolute atomic E-state index is 12.8. The summed E-state index contributed by atoms with van der Waals surface area (Å²) >= 11 is 1.28. The van der Waals surface area contributed by atoms with Crippen molar-refractivity contribution >= 4 is 74.2 Å². The average Bonchev–Trinajstić information content (AvgIpc) is 3.27. The second kappa shape index (κ2) is 17.3. The van der Waals surface area contributed by atoms with Gasteiger partial charge in [0.15, 0.2) is 5.78 Å². The number of carbonyl (C=O) groups excluding carboxylic acids is 5. The maximum atomic E-state index is 12.8. The van der Waals surface area contributed by atoms with Gasteiger partial charge in [0.05, 0.1) is 41.2 Å². The number of amides is 2. The molecule has 5 N–H and O–H groups in total. The van der Waals surface area contributed by atoms with E-state index < -0.39 is 41.2 Å². The standard InChI is InChI=1S/C26H34N8O6S3/c1-15(35)20-14-43-42-13-18(27)24(37)19(31-20)4-2-10-30-22(28)5-3-11-41-21-12-23(36)34(25(21)38)40-26(39)16-6-8-17(9-7-16)32-33-29/h6-9,18-21,31H,2-5,10-14,27H2,1H3,(H2,28,30)/t18?,19-,20?,21?/m0/s1. The van der Waals surface area contributed by atoms with E-state index in [-0.39, 0.29) is 23.6 Å². The fraction of sp³-hybridized carbons (Fsp3) is 0.538. The van der Waals surface area contributed by atoms with Gasteiger partial charge in [-0.25, -0.2) is 4.79 Å². The van der Waals surface area contributed by atoms with Gasteiger partial charge in [-0.2, -0.15) is 0 Å². The van der Waals surface area contributed by atoms with Crippen molar-refractivity contribution in [2.24, 2.45) is 21.6 Å². The van der Waals surface area contributed by atoms with E-state index in [9.17, 15) is 24.0 Å². The molecule has 2 fully saturated rings. The van der Waals surface area contributed by atoms with Crippen molar-refractivity contribution in [1.82, 2.24) is 10.4 Å². The van der Waals surface area contributed by atoms with Crippen LogP contribution in [0.1, 0.15) is 49.4 Å². The highest BCUT2D eigenvalue weighted by Gasteiger charge is 2.42. The molecular weight excluding hydrogens is 617 g/mol. The number of imide groups is 1. The Morgan fingerprint density at radius 2 is 1.91 bits per heavy atom. The van der Waals surface area contributed by atoms with Gasteiger partial charge in [-0.1, -0.05) is 38.8 Å². The Bertz CT molecular complexity index is 1270. The molecule has 2 aliphatic heterocycles. The van der Waals surface area contributed by atoms with Gasteiger partial charge in [0, 0.05) is 35.1 Å². The van der Waals surface area contributed by atoms with Gasteiger partial charge in [0.25, 0.3) is 11.8 Å². The van der Waals surface area contributed by atoms with Crippen LogP contribution in [0.15, 0.2) is 34.4 Å². The zero-order valence-electron chi connectivity index (χ0n) is 23.5. The topological polar surface area (TPSA) is 223 Å². The Morgan fingerprint density at radius 3 is 2.60 bits per heavy atom. The zero-order chi connectivity index (χ0) is 31.4. The monoisotopic (exact) mass is 650 g/mol. The van der Waals surface area contributed by atoms with Crippen molar-refractivity contribution in [3.05, 3.63) is 40.3 Å². The summed E-state index contributed by atoms with van der Waals surface area (Å²) in [6.07, 6.45) is 2.08. The number of nitrogens with one attached hydrogen (secondary N) is 1. The van der Waals surface area contributed by atoms with Gasteiger partial charge in [-0.3, -0.25) is 29.5 Å². The van der Waals surface area contributed by atoms with Crippen LogP contribution in [0.5, 0.6) is 0 Å². The predicted octanol–water partition coefficient (Wildman–Crippen LogP) is 2.69. The quantitative estimate of drug-likeness (QED) is 0.0410. The van der Waals surface area contributed by atoms with Crippen LogP contribution in [0.4, 0.5) is 5.69 Å². The molecule has 3 unspecified atom stereocenters. The highest BCUT2D eigenvalue weighted by molar-refractivity contribution is 8.76. The van der Waals surface area contributed by atoms with Crippen LogP contribution in [0, 0.1) is 0 Å². The number of carbonyl (C=O) groups is 5. The van der Waals surface area contributed by atoms with E-state index in [0.29, 0.717) is 66.1 Å². The number of Topliss-reactive ketones (excluding diaryl/α,β-unsaturated/α-hetero) is 2. The number of azide groups is 1. The summed E-state index contributed by atoms with van der Waals surface area (Å²) in [6, 6.07) is 4.02. The lowest BCUT2D eigenvalue weighted by Crippen LogP contribution is -2.52. The first-order valence-electron chi connectivity index (χ1n) is 13.6. The summed E-state index contributed by atoms with van der Waals surface area (Å²) < 4.78 is 0. The lowest BCUT2D eigenvalue weighted by atomic mass is 10.0. The highest BCUT2D eigenvalue weighted by atomic mass is 33.1. The summed E-state index contributed by atoms with van der Waals surface area (Å²) in [5.41, 5.74) is 20.9. The number of benzene rings is 1. The number of hydrogen-bond donors (Lipinski definition) is 3. The maximum Gasteiger partial charge on any atom is 0.363 e. The second-order valence-electron chi connectivity index (χ2n) is 9.78. The Labute approximate surface area is 260 Å². The molecule has 232 valence electrons. The van der Waals surface area contributed by atoms with Crippen molar-refractivity contribution in [3.63, 3.8) is 0 Å². The molecular formula is C26H34N8O6S3. The van der Waals surface area contributed by atoms with E-state index in [1.54, 1.807) is 0 Å². The SMILES string of the molecule is CC(=O)C1CSSCC(N)C(=O)[C@H](CCCN=C(N)CCCSC2CC(=O)N(OC(=O)c3ccc(N=[N+]=[N-])cc3)C2=O)N1. The van der Waals surface area contributed by atoms with Gasteiger partial charge < -0.3 is 16.3 Å². The number of thioether (sulfide) groups is 1. The Kier molecular flexibility index (Phi) is 13.8. The molecule has 1 aromatic rings. The van der Waals surface area contributed by atoms with E-state index in [2.05, 4.69) is 20.3 Å². The zero-order valence-corrected chi connectivity index (χ0v) is 26.0. The highest BCUT2D eigenvalue weighted by Crippen LogP contribution is 2.27. The molecule has 14 nitrogen and oxygen atoms in total. The van der Waals surface area contributed by atoms with Crippen molar-refractivity contribution in [2.45, 2.75) is 62.4 Å². The number of hydrogen-bond acceptors (Lipinski definition) is 13. The van der Waals surface area contributed by atoms with Gasteiger partial charge >= 0.3 is 5.97 Å². The largest absolute Gasteiger partial charge is 0.387 e. The lowest BCUT2D eigenvalue weighted by molar-refractivity contribution is -0.172. The first-order chi connectivity index (χ1) is 20.6. The first kappa shape index (κ1) is 34.4. The van der Waals surface area contributed by atoms with Crippen LogP contribution in [-0.4, -0.2) is 87.4 Å². The molecule has 0 bridgehead atoms. The third kappa shape index (κ3) is 10.5. The van der Waals surface area contributed by atoms with Crippen molar-refractivity contribution in [1.29, 1.82) is 0 Å². The molecule has 43 heavy (non-hydrogen) atoms. The summed E-state index contributed by atoms with van der Waals surface area (Å²) in [4.78, 5) is 74.2. The summed E-state index contributed by atoms with van der Waals surface area (Å²) in [5, 5.41) is 6.41. The molecule has 2 heterocycles. The number of ketones is 2. The van der Waals surface area contributed by atoms with Gasteiger partial charge in [-0.15, -0.1) is 16.8 Å². The lowest BCUT2D eigenvalue weighted by Gasteiger charge is -2.23. The fourth-order valence-corrected chi connectivity index (χ4v) is 7.64. The number of aliphatic imine (C=N–C) groups is 1. The molecule has 0 radical (unpaired) electrons. The van der Waals surface area contributed by atoms with Gasteiger partial charge in [0.2, 0.25) is 0 Å². The molecule has 0 aliphatic carbocycles. The minimum atomic E-state index is -0.881. The van der Waals surface area contributed by atoms with E-state index in [0.717, 1.165) is 0 Å². The predicted molar refractivity (Wildman–Crippen MR) is 168 cm³/mol. The molecule has 1 aromatic carbocycles. The number of hydroxylamine groups is 2. The molecule has 17 heteroatoms. The minimum Gasteiger partial charge on any atom is -0.387 e. The molecule has 2 aliphatic rings. The molecule has 3 rings (SSSR count). The van der Waals surface area contributed by atoms with E-state index in [1.165, 1.54) is 64.5 Å². The number of nitrogens with two attached hydrogens (primary N) is 2.